The lowest BCUT2D eigenvalue weighted by molar-refractivity contribution is 0.130. The fourth-order valence-electron chi connectivity index (χ4n) is 3.14. The highest BCUT2D eigenvalue weighted by molar-refractivity contribution is 5.31. The summed E-state index contributed by atoms with van der Waals surface area (Å²) in [5.41, 5.74) is 2.74. The van der Waals surface area contributed by atoms with Crippen LogP contribution in [0.2, 0.25) is 0 Å². The highest BCUT2D eigenvalue weighted by Crippen LogP contribution is 2.72. The van der Waals surface area contributed by atoms with Gasteiger partial charge in [0, 0.05) is 5.92 Å². The van der Waals surface area contributed by atoms with Crippen molar-refractivity contribution in [1.29, 1.82) is 0 Å². The summed E-state index contributed by atoms with van der Waals surface area (Å²) in [5, 5.41) is 10.5. The first-order valence-electron chi connectivity index (χ1n) is 6.03. The van der Waals surface area contributed by atoms with E-state index in [9.17, 15) is 5.11 Å². The SMILES string of the molecule is Cc1ccccc1C(O)C1C(C)(C)C1(C)C. The van der Waals surface area contributed by atoms with Gasteiger partial charge in [0.25, 0.3) is 0 Å². The molecule has 1 saturated carbocycles. The third-order valence-electron chi connectivity index (χ3n) is 4.96. The lowest BCUT2D eigenvalue weighted by atomic mass is 9.96. The zero-order chi connectivity index (χ0) is 12.1. The fraction of sp³-hybridized carbons (Fsp3) is 0.600. The monoisotopic (exact) mass is 218 g/mol. The molecule has 1 aliphatic carbocycles. The van der Waals surface area contributed by atoms with E-state index < -0.39 is 0 Å². The number of rotatable bonds is 2. The molecule has 0 aliphatic heterocycles. The van der Waals surface area contributed by atoms with Crippen molar-refractivity contribution in [2.75, 3.05) is 0 Å². The Hall–Kier alpha value is -0.820. The van der Waals surface area contributed by atoms with Crippen LogP contribution < -0.4 is 0 Å². The molecule has 1 nitrogen and oxygen atoms in total. The van der Waals surface area contributed by atoms with Crippen LogP contribution in [-0.2, 0) is 0 Å². The number of benzene rings is 1. The van der Waals surface area contributed by atoms with Gasteiger partial charge in [-0.3, -0.25) is 0 Å². The second-order valence-corrected chi connectivity index (χ2v) is 6.22. The van der Waals surface area contributed by atoms with Crippen molar-refractivity contribution in [3.8, 4) is 0 Å². The van der Waals surface area contributed by atoms with Gasteiger partial charge in [-0.1, -0.05) is 52.0 Å². The zero-order valence-electron chi connectivity index (χ0n) is 10.9. The number of hydrogen-bond donors (Lipinski definition) is 1. The van der Waals surface area contributed by atoms with Gasteiger partial charge in [0.1, 0.15) is 0 Å². The minimum atomic E-state index is -0.328. The highest BCUT2D eigenvalue weighted by atomic mass is 16.3. The molecule has 1 aliphatic rings. The molecule has 0 bridgehead atoms. The van der Waals surface area contributed by atoms with Crippen LogP contribution in [0.1, 0.15) is 44.9 Å². The van der Waals surface area contributed by atoms with E-state index in [1.807, 2.05) is 18.2 Å². The molecular formula is C15H22O. The number of aliphatic hydroxyl groups excluding tert-OH is 1. The molecule has 0 amide bonds. The summed E-state index contributed by atoms with van der Waals surface area (Å²) in [6, 6.07) is 8.15. The standard InChI is InChI=1S/C15H22O/c1-10-8-6-7-9-11(10)12(16)13-14(2,3)15(13,4)5/h6-9,12-13,16H,1-5H3. The van der Waals surface area contributed by atoms with E-state index in [0.717, 1.165) is 5.56 Å². The van der Waals surface area contributed by atoms with Gasteiger partial charge in [-0.25, -0.2) is 0 Å². The van der Waals surface area contributed by atoms with Gasteiger partial charge in [-0.05, 0) is 28.9 Å². The maximum atomic E-state index is 10.5. The molecule has 1 aromatic carbocycles. The molecule has 1 aromatic rings. The van der Waals surface area contributed by atoms with Crippen molar-refractivity contribution in [3.05, 3.63) is 35.4 Å². The molecule has 1 atom stereocenters. The van der Waals surface area contributed by atoms with E-state index in [2.05, 4.69) is 40.7 Å². The van der Waals surface area contributed by atoms with Gasteiger partial charge in [-0.2, -0.15) is 0 Å². The van der Waals surface area contributed by atoms with Crippen molar-refractivity contribution >= 4 is 0 Å². The lowest BCUT2D eigenvalue weighted by Crippen LogP contribution is -2.07. The van der Waals surface area contributed by atoms with Gasteiger partial charge in [-0.15, -0.1) is 0 Å². The smallest absolute Gasteiger partial charge is 0.0831 e. The molecule has 1 fully saturated rings. The van der Waals surface area contributed by atoms with E-state index in [1.165, 1.54) is 5.56 Å². The van der Waals surface area contributed by atoms with Gasteiger partial charge in [0.15, 0.2) is 0 Å². The van der Waals surface area contributed by atoms with Crippen LogP contribution in [-0.4, -0.2) is 5.11 Å². The second-order valence-electron chi connectivity index (χ2n) is 6.22. The Morgan fingerprint density at radius 1 is 1.06 bits per heavy atom. The summed E-state index contributed by atoms with van der Waals surface area (Å²) >= 11 is 0. The molecule has 0 heterocycles. The van der Waals surface area contributed by atoms with Crippen LogP contribution in [0.5, 0.6) is 0 Å². The van der Waals surface area contributed by atoms with Gasteiger partial charge in [0.2, 0.25) is 0 Å². The van der Waals surface area contributed by atoms with E-state index in [4.69, 9.17) is 0 Å². The Morgan fingerprint density at radius 3 is 2.00 bits per heavy atom. The lowest BCUT2D eigenvalue weighted by Gasteiger charge is -2.15. The second kappa shape index (κ2) is 3.33. The summed E-state index contributed by atoms with van der Waals surface area (Å²) in [6.45, 7) is 11.1. The minimum absolute atomic E-state index is 0.231. The van der Waals surface area contributed by atoms with Gasteiger partial charge < -0.3 is 5.11 Å². The summed E-state index contributed by atoms with van der Waals surface area (Å²) < 4.78 is 0. The van der Waals surface area contributed by atoms with Crippen LogP contribution >= 0.6 is 0 Å². The Balaban J connectivity index is 2.29. The molecule has 0 saturated heterocycles. The molecule has 16 heavy (non-hydrogen) atoms. The largest absolute Gasteiger partial charge is 0.388 e. The zero-order valence-corrected chi connectivity index (χ0v) is 10.9. The fourth-order valence-corrected chi connectivity index (χ4v) is 3.14. The molecule has 1 unspecified atom stereocenters. The van der Waals surface area contributed by atoms with Crippen molar-refractivity contribution < 1.29 is 5.11 Å². The van der Waals surface area contributed by atoms with Gasteiger partial charge >= 0.3 is 0 Å². The van der Waals surface area contributed by atoms with Crippen molar-refractivity contribution in [2.45, 2.75) is 40.7 Å². The summed E-state index contributed by atoms with van der Waals surface area (Å²) in [6.07, 6.45) is -0.328. The Labute approximate surface area is 98.5 Å². The average molecular weight is 218 g/mol. The molecule has 1 heteroatoms. The maximum absolute atomic E-state index is 10.5. The summed E-state index contributed by atoms with van der Waals surface area (Å²) in [7, 11) is 0. The molecule has 0 aromatic heterocycles. The number of aryl methyl sites for hydroxylation is 1. The molecule has 88 valence electrons. The Bertz CT molecular complexity index is 390. The predicted molar refractivity (Wildman–Crippen MR) is 67.2 cm³/mol. The summed E-state index contributed by atoms with van der Waals surface area (Å²) in [5.74, 6) is 0.362. The topological polar surface area (TPSA) is 20.2 Å². The first-order valence-corrected chi connectivity index (χ1v) is 6.03. The van der Waals surface area contributed by atoms with Crippen LogP contribution in [0.4, 0.5) is 0 Å². The van der Waals surface area contributed by atoms with Crippen LogP contribution in [0, 0.1) is 23.7 Å². The first-order chi connectivity index (χ1) is 7.30. The highest BCUT2D eigenvalue weighted by Gasteiger charge is 2.67. The van der Waals surface area contributed by atoms with Crippen molar-refractivity contribution in [1.82, 2.24) is 0 Å². The van der Waals surface area contributed by atoms with Crippen molar-refractivity contribution in [2.24, 2.45) is 16.7 Å². The third-order valence-corrected chi connectivity index (χ3v) is 4.96. The minimum Gasteiger partial charge on any atom is -0.388 e. The average Bonchev–Trinajstić information content (AvgIpc) is 2.57. The molecule has 0 radical (unpaired) electrons. The predicted octanol–water partition coefficient (Wildman–Crippen LogP) is 3.71. The molecular weight excluding hydrogens is 196 g/mol. The van der Waals surface area contributed by atoms with E-state index in [-0.39, 0.29) is 16.9 Å². The van der Waals surface area contributed by atoms with Gasteiger partial charge in [0.05, 0.1) is 6.10 Å². The quantitative estimate of drug-likeness (QED) is 0.802. The Morgan fingerprint density at radius 2 is 1.56 bits per heavy atom. The number of hydrogen-bond acceptors (Lipinski definition) is 1. The van der Waals surface area contributed by atoms with E-state index in [0.29, 0.717) is 5.92 Å². The maximum Gasteiger partial charge on any atom is 0.0831 e. The van der Waals surface area contributed by atoms with Crippen LogP contribution in [0.3, 0.4) is 0 Å². The first kappa shape index (κ1) is 11.7. The van der Waals surface area contributed by atoms with Crippen LogP contribution in [0.25, 0.3) is 0 Å². The molecule has 0 spiro atoms. The third kappa shape index (κ3) is 1.41. The Kier molecular flexibility index (Phi) is 2.43. The van der Waals surface area contributed by atoms with E-state index >= 15 is 0 Å². The molecule has 2 rings (SSSR count). The number of aliphatic hydroxyl groups is 1. The summed E-state index contributed by atoms with van der Waals surface area (Å²) in [4.78, 5) is 0. The van der Waals surface area contributed by atoms with Crippen molar-refractivity contribution in [3.63, 3.8) is 0 Å². The normalized spacial score (nSPS) is 24.1. The molecule has 1 N–H and O–H groups in total. The van der Waals surface area contributed by atoms with E-state index in [1.54, 1.807) is 0 Å². The van der Waals surface area contributed by atoms with Crippen LogP contribution in [0.15, 0.2) is 24.3 Å².